The summed E-state index contributed by atoms with van der Waals surface area (Å²) in [6, 6.07) is 4.62. The van der Waals surface area contributed by atoms with Crippen LogP contribution in [0.1, 0.15) is 11.1 Å². The average molecular weight is 343 g/mol. The summed E-state index contributed by atoms with van der Waals surface area (Å²) in [5, 5.41) is 9.45. The normalized spacial score (nSPS) is 26.5. The van der Waals surface area contributed by atoms with E-state index in [1.54, 1.807) is 0 Å². The van der Waals surface area contributed by atoms with Crippen molar-refractivity contribution in [2.75, 3.05) is 26.3 Å². The Kier molecular flexibility index (Phi) is 4.03. The molecule has 1 amide bonds. The molecule has 3 rings (SSSR count). The number of nitrogens with zero attached hydrogens (tertiary/aromatic N) is 1. The molecule has 0 saturated carbocycles. The van der Waals surface area contributed by atoms with Gasteiger partial charge in [-0.3, -0.25) is 9.59 Å². The molecule has 5 nitrogen and oxygen atoms in total. The second-order valence-electron chi connectivity index (χ2n) is 6.32. The van der Waals surface area contributed by atoms with Crippen LogP contribution in [0, 0.1) is 11.3 Å². The smallest absolute Gasteiger partial charge is 0.416 e. The number of rotatable bonds is 3. The van der Waals surface area contributed by atoms with Crippen LogP contribution < -0.4 is 0 Å². The van der Waals surface area contributed by atoms with E-state index in [2.05, 4.69) is 0 Å². The lowest BCUT2D eigenvalue weighted by atomic mass is 9.81. The standard InChI is InChI=1S/C16H16F3NO4/c17-16(18,19)11-3-1-2-10(4-11)5-13(21)20-6-12-7-24-9-15(12,8-20)14(22)23/h1-4,12H,5-9H2,(H,22,23)/t12-,15-/m1/s1. The minimum absolute atomic E-state index is 0.0325. The molecule has 2 saturated heterocycles. The Balaban J connectivity index is 1.72. The Morgan fingerprint density at radius 2 is 2.12 bits per heavy atom. The third kappa shape index (κ3) is 2.86. The van der Waals surface area contributed by atoms with Crippen molar-refractivity contribution < 1.29 is 32.6 Å². The first-order chi connectivity index (χ1) is 11.2. The summed E-state index contributed by atoms with van der Waals surface area (Å²) in [4.78, 5) is 25.3. The van der Waals surface area contributed by atoms with E-state index in [0.717, 1.165) is 12.1 Å². The van der Waals surface area contributed by atoms with Crippen LogP contribution >= 0.6 is 0 Å². The van der Waals surface area contributed by atoms with Gasteiger partial charge in [0.15, 0.2) is 0 Å². The van der Waals surface area contributed by atoms with Crippen LogP contribution in [0.2, 0.25) is 0 Å². The summed E-state index contributed by atoms with van der Waals surface area (Å²) in [7, 11) is 0. The van der Waals surface area contributed by atoms with Crippen molar-refractivity contribution in [3.63, 3.8) is 0 Å². The predicted octanol–water partition coefficient (Wildman–Crippen LogP) is 1.81. The van der Waals surface area contributed by atoms with Gasteiger partial charge in [-0.2, -0.15) is 13.2 Å². The maximum absolute atomic E-state index is 12.7. The summed E-state index contributed by atoms with van der Waals surface area (Å²) in [6.45, 7) is 0.620. The van der Waals surface area contributed by atoms with E-state index in [4.69, 9.17) is 4.74 Å². The van der Waals surface area contributed by atoms with E-state index < -0.39 is 23.1 Å². The Hall–Kier alpha value is -2.09. The highest BCUT2D eigenvalue weighted by molar-refractivity contribution is 5.82. The second kappa shape index (κ2) is 5.77. The van der Waals surface area contributed by atoms with Crippen molar-refractivity contribution in [2.45, 2.75) is 12.6 Å². The number of ether oxygens (including phenoxy) is 1. The first kappa shape index (κ1) is 16.8. The lowest BCUT2D eigenvalue weighted by Crippen LogP contribution is -2.40. The number of aliphatic carboxylic acids is 1. The number of hydrogen-bond acceptors (Lipinski definition) is 3. The van der Waals surface area contributed by atoms with Gasteiger partial charge in [0.1, 0.15) is 5.41 Å². The molecule has 130 valence electrons. The maximum atomic E-state index is 12.7. The summed E-state index contributed by atoms with van der Waals surface area (Å²) < 4.78 is 43.4. The van der Waals surface area contributed by atoms with Gasteiger partial charge in [0.25, 0.3) is 0 Å². The fourth-order valence-corrected chi connectivity index (χ4v) is 3.37. The van der Waals surface area contributed by atoms with Gasteiger partial charge in [-0.25, -0.2) is 0 Å². The lowest BCUT2D eigenvalue weighted by molar-refractivity contribution is -0.149. The average Bonchev–Trinajstić information content (AvgIpc) is 3.04. The van der Waals surface area contributed by atoms with E-state index in [9.17, 15) is 27.9 Å². The Bertz CT molecular complexity index is 676. The minimum atomic E-state index is -4.46. The number of carbonyl (C=O) groups is 2. The van der Waals surface area contributed by atoms with Gasteiger partial charge >= 0.3 is 12.1 Å². The van der Waals surface area contributed by atoms with E-state index >= 15 is 0 Å². The van der Waals surface area contributed by atoms with Crippen molar-refractivity contribution in [2.24, 2.45) is 11.3 Å². The Morgan fingerprint density at radius 3 is 2.75 bits per heavy atom. The topological polar surface area (TPSA) is 66.8 Å². The molecule has 1 aromatic carbocycles. The quantitative estimate of drug-likeness (QED) is 0.909. The Labute approximate surface area is 136 Å². The second-order valence-corrected chi connectivity index (χ2v) is 6.32. The van der Waals surface area contributed by atoms with Gasteiger partial charge in [0.2, 0.25) is 5.91 Å². The summed E-state index contributed by atoms with van der Waals surface area (Å²) in [5.74, 6) is -1.65. The van der Waals surface area contributed by atoms with Crippen LogP contribution in [-0.4, -0.2) is 48.2 Å². The molecular formula is C16H16F3NO4. The number of carboxylic acids is 1. The van der Waals surface area contributed by atoms with Crippen molar-refractivity contribution in [1.82, 2.24) is 4.90 Å². The summed E-state index contributed by atoms with van der Waals surface area (Å²) in [6.07, 6.45) is -4.65. The number of likely N-dealkylation sites (tertiary alicyclic amines) is 1. The van der Waals surface area contributed by atoms with Crippen molar-refractivity contribution in [3.8, 4) is 0 Å². The number of hydrogen-bond donors (Lipinski definition) is 1. The largest absolute Gasteiger partial charge is 0.481 e. The van der Waals surface area contributed by atoms with Crippen molar-refractivity contribution >= 4 is 11.9 Å². The van der Waals surface area contributed by atoms with Gasteiger partial charge in [-0.1, -0.05) is 18.2 Å². The summed E-state index contributed by atoms with van der Waals surface area (Å²) >= 11 is 0. The fourth-order valence-electron chi connectivity index (χ4n) is 3.37. The maximum Gasteiger partial charge on any atom is 0.416 e. The molecule has 2 atom stereocenters. The molecule has 1 aromatic rings. The number of halogens is 3. The molecule has 0 spiro atoms. The highest BCUT2D eigenvalue weighted by atomic mass is 19.4. The van der Waals surface area contributed by atoms with Gasteiger partial charge in [-0.15, -0.1) is 0 Å². The number of carbonyl (C=O) groups excluding carboxylic acids is 1. The van der Waals surface area contributed by atoms with Crippen LogP contribution in [0.25, 0.3) is 0 Å². The molecule has 24 heavy (non-hydrogen) atoms. The number of carboxylic acid groups (broad SMARTS) is 1. The molecule has 0 aliphatic carbocycles. The SMILES string of the molecule is O=C(Cc1cccc(C(F)(F)F)c1)N1C[C@@H]2COC[C@]2(C(=O)O)C1. The third-order valence-electron chi connectivity index (χ3n) is 4.76. The molecule has 0 aromatic heterocycles. The fraction of sp³-hybridized carbons (Fsp3) is 0.500. The molecule has 2 aliphatic rings. The molecule has 2 aliphatic heterocycles. The summed E-state index contributed by atoms with van der Waals surface area (Å²) in [5.41, 5.74) is -1.64. The monoisotopic (exact) mass is 343 g/mol. The van der Waals surface area contributed by atoms with Crippen LogP contribution in [0.5, 0.6) is 0 Å². The van der Waals surface area contributed by atoms with E-state index in [1.807, 2.05) is 0 Å². The van der Waals surface area contributed by atoms with Gasteiger partial charge in [-0.05, 0) is 11.6 Å². The van der Waals surface area contributed by atoms with Crippen LogP contribution in [-0.2, 0) is 26.9 Å². The molecule has 1 N–H and O–H groups in total. The third-order valence-corrected chi connectivity index (χ3v) is 4.76. The molecule has 2 heterocycles. The number of amides is 1. The van der Waals surface area contributed by atoms with Crippen LogP contribution in [0.4, 0.5) is 13.2 Å². The zero-order valence-corrected chi connectivity index (χ0v) is 12.7. The Morgan fingerprint density at radius 1 is 1.38 bits per heavy atom. The van der Waals surface area contributed by atoms with E-state index in [-0.39, 0.29) is 50.1 Å². The molecule has 2 fully saturated rings. The molecule has 0 radical (unpaired) electrons. The van der Waals surface area contributed by atoms with Gasteiger partial charge in [0.05, 0.1) is 25.2 Å². The lowest BCUT2D eigenvalue weighted by Gasteiger charge is -2.22. The zero-order chi connectivity index (χ0) is 17.5. The van der Waals surface area contributed by atoms with Crippen molar-refractivity contribution in [1.29, 1.82) is 0 Å². The van der Waals surface area contributed by atoms with E-state index in [1.165, 1.54) is 17.0 Å². The predicted molar refractivity (Wildman–Crippen MR) is 76.1 cm³/mol. The number of alkyl halides is 3. The van der Waals surface area contributed by atoms with Crippen molar-refractivity contribution in [3.05, 3.63) is 35.4 Å². The van der Waals surface area contributed by atoms with Gasteiger partial charge < -0.3 is 14.7 Å². The first-order valence-corrected chi connectivity index (χ1v) is 7.47. The van der Waals surface area contributed by atoms with Crippen LogP contribution in [0.3, 0.4) is 0 Å². The highest BCUT2D eigenvalue weighted by Crippen LogP contribution is 2.41. The minimum Gasteiger partial charge on any atom is -0.481 e. The number of fused-ring (bicyclic) bond motifs is 1. The first-order valence-electron chi connectivity index (χ1n) is 7.47. The molecule has 8 heteroatoms. The number of benzene rings is 1. The zero-order valence-electron chi connectivity index (χ0n) is 12.7. The molecule has 0 unspecified atom stereocenters. The molecule has 0 bridgehead atoms. The van der Waals surface area contributed by atoms with Crippen LogP contribution in [0.15, 0.2) is 24.3 Å². The highest BCUT2D eigenvalue weighted by Gasteiger charge is 2.57. The van der Waals surface area contributed by atoms with E-state index in [0.29, 0.717) is 0 Å². The van der Waals surface area contributed by atoms with Gasteiger partial charge in [0, 0.05) is 19.0 Å². The molecular weight excluding hydrogens is 327 g/mol.